The van der Waals surface area contributed by atoms with Gasteiger partial charge in [0.2, 0.25) is 5.91 Å². The number of nitrogens with one attached hydrogen (secondary N) is 1. The zero-order valence-electron chi connectivity index (χ0n) is 16.5. The number of para-hydroxylation sites is 1. The van der Waals surface area contributed by atoms with Crippen molar-refractivity contribution in [2.45, 2.75) is 6.92 Å². The molecule has 3 rings (SSSR count). The van der Waals surface area contributed by atoms with E-state index in [1.165, 1.54) is 17.4 Å². The highest BCUT2D eigenvalue weighted by molar-refractivity contribution is 7.14. The molecule has 2 aromatic carbocycles. The second-order valence-corrected chi connectivity index (χ2v) is 6.76. The van der Waals surface area contributed by atoms with E-state index in [0.717, 1.165) is 16.9 Å². The molecule has 0 fully saturated rings. The molecule has 1 N–H and O–H groups in total. The summed E-state index contributed by atoms with van der Waals surface area (Å²) in [5.41, 5.74) is 2.34. The van der Waals surface area contributed by atoms with Crippen molar-refractivity contribution >= 4 is 28.5 Å². The third-order valence-corrected chi connectivity index (χ3v) is 4.81. The van der Waals surface area contributed by atoms with Crippen molar-refractivity contribution < 1.29 is 19.0 Å². The number of ether oxygens (including phenoxy) is 3. The molecule has 0 aliphatic rings. The molecular weight excluding hydrogens is 388 g/mol. The summed E-state index contributed by atoms with van der Waals surface area (Å²) in [4.78, 5) is 16.8. The number of carbonyl (C=O) groups excluding carboxylic acids is 1. The summed E-state index contributed by atoms with van der Waals surface area (Å²) in [6.07, 6.45) is 3.19. The van der Waals surface area contributed by atoms with Gasteiger partial charge in [0, 0.05) is 22.6 Å². The molecular formula is C22H22N2O4S. The lowest BCUT2D eigenvalue weighted by Gasteiger charge is -2.08. The van der Waals surface area contributed by atoms with Crippen molar-refractivity contribution in [3.05, 3.63) is 59.5 Å². The van der Waals surface area contributed by atoms with Gasteiger partial charge in [0.05, 0.1) is 26.5 Å². The van der Waals surface area contributed by atoms with Crippen molar-refractivity contribution in [1.82, 2.24) is 4.98 Å². The van der Waals surface area contributed by atoms with Gasteiger partial charge in [0.25, 0.3) is 0 Å². The van der Waals surface area contributed by atoms with Gasteiger partial charge in [-0.1, -0.05) is 18.2 Å². The van der Waals surface area contributed by atoms with Crippen LogP contribution in [0, 0.1) is 0 Å². The maximum Gasteiger partial charge on any atom is 0.250 e. The first-order chi connectivity index (χ1) is 14.1. The quantitative estimate of drug-likeness (QED) is 0.536. The van der Waals surface area contributed by atoms with E-state index in [9.17, 15) is 4.79 Å². The molecule has 0 unspecified atom stereocenters. The standard InChI is InChI=1S/C22H22N2O4S/c1-4-28-19-8-6-5-7-15(19)9-12-21(25)24-22-23-18(14-29-22)17-13-16(26-2)10-11-20(17)27-3/h5-14H,4H2,1-3H3,(H,23,24,25)/b12-9+. The van der Waals surface area contributed by atoms with E-state index >= 15 is 0 Å². The highest BCUT2D eigenvalue weighted by atomic mass is 32.1. The van der Waals surface area contributed by atoms with Gasteiger partial charge >= 0.3 is 0 Å². The summed E-state index contributed by atoms with van der Waals surface area (Å²) in [7, 11) is 3.21. The minimum absolute atomic E-state index is 0.269. The predicted molar refractivity (Wildman–Crippen MR) is 116 cm³/mol. The van der Waals surface area contributed by atoms with Crippen LogP contribution in [0.3, 0.4) is 0 Å². The summed E-state index contributed by atoms with van der Waals surface area (Å²) in [6.45, 7) is 2.48. The lowest BCUT2D eigenvalue weighted by Crippen LogP contribution is -2.07. The van der Waals surface area contributed by atoms with Gasteiger partial charge in [-0.15, -0.1) is 11.3 Å². The van der Waals surface area contributed by atoms with Gasteiger partial charge in [0.15, 0.2) is 5.13 Å². The molecule has 150 valence electrons. The van der Waals surface area contributed by atoms with Gasteiger partial charge in [-0.2, -0.15) is 0 Å². The summed E-state index contributed by atoms with van der Waals surface area (Å²) >= 11 is 1.34. The highest BCUT2D eigenvalue weighted by Crippen LogP contribution is 2.35. The van der Waals surface area contributed by atoms with Gasteiger partial charge in [-0.25, -0.2) is 4.98 Å². The van der Waals surface area contributed by atoms with Crippen LogP contribution in [0.5, 0.6) is 17.2 Å². The molecule has 3 aromatic rings. The second kappa shape index (κ2) is 9.75. The van der Waals surface area contributed by atoms with E-state index in [2.05, 4.69) is 10.3 Å². The number of carbonyl (C=O) groups is 1. The molecule has 0 aliphatic carbocycles. The minimum Gasteiger partial charge on any atom is -0.497 e. The fourth-order valence-electron chi connectivity index (χ4n) is 2.69. The number of anilines is 1. The zero-order valence-corrected chi connectivity index (χ0v) is 17.3. The van der Waals surface area contributed by atoms with E-state index in [1.54, 1.807) is 20.3 Å². The molecule has 0 saturated heterocycles. The maximum absolute atomic E-state index is 12.3. The summed E-state index contributed by atoms with van der Waals surface area (Å²) in [5, 5.41) is 5.15. The Hall–Kier alpha value is -3.32. The number of hydrogen-bond donors (Lipinski definition) is 1. The van der Waals surface area contributed by atoms with E-state index in [-0.39, 0.29) is 5.91 Å². The Morgan fingerprint density at radius 2 is 1.97 bits per heavy atom. The van der Waals surface area contributed by atoms with E-state index in [4.69, 9.17) is 14.2 Å². The first-order valence-corrected chi connectivity index (χ1v) is 9.91. The minimum atomic E-state index is -0.269. The number of rotatable bonds is 8. The maximum atomic E-state index is 12.3. The number of amides is 1. The van der Waals surface area contributed by atoms with Gasteiger partial charge in [0.1, 0.15) is 17.2 Å². The average molecular weight is 410 g/mol. The van der Waals surface area contributed by atoms with Crippen LogP contribution in [-0.4, -0.2) is 31.7 Å². The first-order valence-electron chi connectivity index (χ1n) is 9.03. The second-order valence-electron chi connectivity index (χ2n) is 5.90. The van der Waals surface area contributed by atoms with Gasteiger partial charge in [-0.05, 0) is 37.3 Å². The molecule has 0 bridgehead atoms. The van der Waals surface area contributed by atoms with Crippen molar-refractivity contribution in [2.24, 2.45) is 0 Å². The third kappa shape index (κ3) is 5.14. The molecule has 1 aromatic heterocycles. The molecule has 0 aliphatic heterocycles. The Morgan fingerprint density at radius 1 is 1.14 bits per heavy atom. The third-order valence-electron chi connectivity index (χ3n) is 4.05. The molecule has 1 amide bonds. The van der Waals surface area contributed by atoms with Crippen molar-refractivity contribution in [3.8, 4) is 28.5 Å². The fraction of sp³-hybridized carbons (Fsp3) is 0.182. The fourth-order valence-corrected chi connectivity index (χ4v) is 3.40. The number of aromatic nitrogens is 1. The Labute approximate surface area is 173 Å². The number of nitrogens with zero attached hydrogens (tertiary/aromatic N) is 1. The van der Waals surface area contributed by atoms with Crippen LogP contribution in [0.1, 0.15) is 12.5 Å². The Kier molecular flexibility index (Phi) is 6.86. The van der Waals surface area contributed by atoms with Crippen LogP contribution in [0.15, 0.2) is 53.9 Å². The van der Waals surface area contributed by atoms with E-state index in [1.807, 2.05) is 54.8 Å². The molecule has 0 atom stereocenters. The number of methoxy groups -OCH3 is 2. The Morgan fingerprint density at radius 3 is 2.72 bits per heavy atom. The number of benzene rings is 2. The highest BCUT2D eigenvalue weighted by Gasteiger charge is 2.12. The SMILES string of the molecule is CCOc1ccccc1/C=C/C(=O)Nc1nc(-c2cc(OC)ccc2OC)cs1. The lowest BCUT2D eigenvalue weighted by atomic mass is 10.1. The van der Waals surface area contributed by atoms with E-state index in [0.29, 0.717) is 28.9 Å². The van der Waals surface area contributed by atoms with Crippen LogP contribution < -0.4 is 19.5 Å². The topological polar surface area (TPSA) is 69.7 Å². The molecule has 6 nitrogen and oxygen atoms in total. The smallest absolute Gasteiger partial charge is 0.250 e. The van der Waals surface area contributed by atoms with Gasteiger partial charge in [-0.3, -0.25) is 10.1 Å². The molecule has 0 spiro atoms. The van der Waals surface area contributed by atoms with Crippen LogP contribution in [-0.2, 0) is 4.79 Å². The molecule has 29 heavy (non-hydrogen) atoms. The monoisotopic (exact) mass is 410 g/mol. The summed E-state index contributed by atoms with van der Waals surface area (Å²) < 4.78 is 16.3. The number of hydrogen-bond acceptors (Lipinski definition) is 6. The molecule has 7 heteroatoms. The molecule has 0 saturated carbocycles. The lowest BCUT2D eigenvalue weighted by molar-refractivity contribution is -0.111. The Bertz CT molecular complexity index is 1010. The van der Waals surface area contributed by atoms with Crippen molar-refractivity contribution in [3.63, 3.8) is 0 Å². The predicted octanol–water partition coefficient (Wildman–Crippen LogP) is 4.88. The normalized spacial score (nSPS) is 10.7. The van der Waals surface area contributed by atoms with Gasteiger partial charge < -0.3 is 14.2 Å². The van der Waals surface area contributed by atoms with Crippen molar-refractivity contribution in [2.75, 3.05) is 26.1 Å². The molecule has 1 heterocycles. The largest absolute Gasteiger partial charge is 0.497 e. The summed E-state index contributed by atoms with van der Waals surface area (Å²) in [6, 6.07) is 13.1. The van der Waals surface area contributed by atoms with Crippen LogP contribution >= 0.6 is 11.3 Å². The van der Waals surface area contributed by atoms with Crippen LogP contribution in [0.25, 0.3) is 17.3 Å². The van der Waals surface area contributed by atoms with Crippen LogP contribution in [0.4, 0.5) is 5.13 Å². The van der Waals surface area contributed by atoms with E-state index < -0.39 is 0 Å². The summed E-state index contributed by atoms with van der Waals surface area (Å²) in [5.74, 6) is 1.85. The average Bonchev–Trinajstić information content (AvgIpc) is 3.21. The zero-order chi connectivity index (χ0) is 20.6. The van der Waals surface area contributed by atoms with Crippen LogP contribution in [0.2, 0.25) is 0 Å². The van der Waals surface area contributed by atoms with Crippen molar-refractivity contribution in [1.29, 1.82) is 0 Å². The number of thiazole rings is 1. The Balaban J connectivity index is 1.73. The molecule has 0 radical (unpaired) electrons. The first kappa shape index (κ1) is 20.4.